The lowest BCUT2D eigenvalue weighted by Gasteiger charge is -2.18. The predicted octanol–water partition coefficient (Wildman–Crippen LogP) is 20.0. The number of hydrogen-bond acceptors (Lipinski definition) is 6. The summed E-state index contributed by atoms with van der Waals surface area (Å²) in [6, 6.07) is 0. The van der Waals surface area contributed by atoms with Crippen molar-refractivity contribution in [2.45, 2.75) is 245 Å². The Kier molecular flexibility index (Phi) is 56.0. The molecule has 73 heavy (non-hydrogen) atoms. The van der Waals surface area contributed by atoms with Crippen molar-refractivity contribution in [1.29, 1.82) is 0 Å². The quantitative estimate of drug-likeness (QED) is 0.0261. The molecule has 0 heterocycles. The molecule has 0 aliphatic carbocycles. The van der Waals surface area contributed by atoms with Gasteiger partial charge in [-0.3, -0.25) is 14.4 Å². The minimum atomic E-state index is -0.822. The van der Waals surface area contributed by atoms with Gasteiger partial charge < -0.3 is 14.2 Å². The predicted molar refractivity (Wildman–Crippen MR) is 315 cm³/mol. The van der Waals surface area contributed by atoms with Crippen LogP contribution in [-0.4, -0.2) is 37.2 Å². The van der Waals surface area contributed by atoms with Crippen LogP contribution in [-0.2, 0) is 28.6 Å². The fourth-order valence-corrected chi connectivity index (χ4v) is 7.47. The van der Waals surface area contributed by atoms with Gasteiger partial charge >= 0.3 is 17.9 Å². The first-order chi connectivity index (χ1) is 36.0. The van der Waals surface area contributed by atoms with Crippen LogP contribution >= 0.6 is 0 Å². The maximum Gasteiger partial charge on any atom is 0.306 e. The summed E-state index contributed by atoms with van der Waals surface area (Å²) in [6.07, 6.45) is 85.5. The zero-order valence-electron chi connectivity index (χ0n) is 46.8. The number of unbranched alkanes of at least 4 members (excludes halogenated alkanes) is 16. The molecule has 0 aliphatic rings. The highest BCUT2D eigenvalue weighted by atomic mass is 16.6. The van der Waals surface area contributed by atoms with E-state index in [1.165, 1.54) is 51.4 Å². The third kappa shape index (κ3) is 58.1. The summed E-state index contributed by atoms with van der Waals surface area (Å²) in [5, 5.41) is 0. The number of allylic oxidation sites excluding steroid dienone is 24. The van der Waals surface area contributed by atoms with Gasteiger partial charge in [0.15, 0.2) is 6.10 Å². The van der Waals surface area contributed by atoms with Crippen molar-refractivity contribution < 1.29 is 28.6 Å². The van der Waals surface area contributed by atoms with Gasteiger partial charge in [0.2, 0.25) is 0 Å². The molecule has 0 rings (SSSR count). The van der Waals surface area contributed by atoms with E-state index in [9.17, 15) is 14.4 Å². The Labute approximate surface area is 448 Å². The first-order valence-corrected chi connectivity index (χ1v) is 29.3. The van der Waals surface area contributed by atoms with Gasteiger partial charge in [-0.2, -0.15) is 0 Å². The van der Waals surface area contributed by atoms with E-state index in [4.69, 9.17) is 14.2 Å². The monoisotopic (exact) mass is 1010 g/mol. The molecule has 0 N–H and O–H groups in total. The summed E-state index contributed by atoms with van der Waals surface area (Å²) in [6.45, 7) is 6.31. The largest absolute Gasteiger partial charge is 0.462 e. The van der Waals surface area contributed by atoms with Gasteiger partial charge in [-0.25, -0.2) is 0 Å². The van der Waals surface area contributed by atoms with Crippen LogP contribution in [0.15, 0.2) is 146 Å². The van der Waals surface area contributed by atoms with E-state index < -0.39 is 6.10 Å². The second kappa shape index (κ2) is 59.8. The molecule has 0 aromatic carbocycles. The van der Waals surface area contributed by atoms with Crippen molar-refractivity contribution in [3.8, 4) is 0 Å². The number of hydrogen-bond donors (Lipinski definition) is 0. The lowest BCUT2D eigenvalue weighted by atomic mass is 10.1. The van der Waals surface area contributed by atoms with Crippen molar-refractivity contribution in [2.75, 3.05) is 13.2 Å². The topological polar surface area (TPSA) is 78.9 Å². The van der Waals surface area contributed by atoms with E-state index in [1.807, 2.05) is 0 Å². The van der Waals surface area contributed by atoms with Crippen molar-refractivity contribution in [3.63, 3.8) is 0 Å². The molecule has 0 saturated carbocycles. The third-order valence-electron chi connectivity index (χ3n) is 11.8. The maximum atomic E-state index is 12.9. The van der Waals surface area contributed by atoms with Gasteiger partial charge in [-0.1, -0.05) is 231 Å². The van der Waals surface area contributed by atoms with Gasteiger partial charge in [0.1, 0.15) is 13.2 Å². The molecule has 0 saturated heterocycles. The molecular formula is C67H106O6. The lowest BCUT2D eigenvalue weighted by Crippen LogP contribution is -2.30. The average molecular weight is 1010 g/mol. The van der Waals surface area contributed by atoms with Gasteiger partial charge in [0.05, 0.1) is 0 Å². The second-order valence-corrected chi connectivity index (χ2v) is 18.8. The minimum Gasteiger partial charge on any atom is -0.462 e. The van der Waals surface area contributed by atoms with E-state index in [1.54, 1.807) is 0 Å². The molecule has 1 atom stereocenters. The Morgan fingerprint density at radius 2 is 0.548 bits per heavy atom. The van der Waals surface area contributed by atoms with Crippen LogP contribution in [0.1, 0.15) is 239 Å². The van der Waals surface area contributed by atoms with Gasteiger partial charge in [-0.15, -0.1) is 0 Å². The number of carbonyl (C=O) groups excluding carboxylic acids is 3. The van der Waals surface area contributed by atoms with E-state index in [0.29, 0.717) is 19.3 Å². The molecule has 0 radical (unpaired) electrons. The number of rotatable bonds is 51. The zero-order chi connectivity index (χ0) is 52.9. The Hall–Kier alpha value is -4.71. The van der Waals surface area contributed by atoms with Crippen molar-refractivity contribution in [3.05, 3.63) is 146 Å². The smallest absolute Gasteiger partial charge is 0.306 e. The normalized spacial score (nSPS) is 13.2. The van der Waals surface area contributed by atoms with Crippen LogP contribution in [0.2, 0.25) is 0 Å². The fourth-order valence-electron chi connectivity index (χ4n) is 7.47. The van der Waals surface area contributed by atoms with Crippen molar-refractivity contribution >= 4 is 17.9 Å². The molecule has 0 spiro atoms. The van der Waals surface area contributed by atoms with Crippen LogP contribution in [0.3, 0.4) is 0 Å². The van der Waals surface area contributed by atoms with Gasteiger partial charge in [0.25, 0.3) is 0 Å². The van der Waals surface area contributed by atoms with Crippen LogP contribution in [0.4, 0.5) is 0 Å². The Balaban J connectivity index is 4.55. The van der Waals surface area contributed by atoms with E-state index in [0.717, 1.165) is 141 Å². The number of carbonyl (C=O) groups is 3. The van der Waals surface area contributed by atoms with Crippen LogP contribution < -0.4 is 0 Å². The van der Waals surface area contributed by atoms with E-state index in [-0.39, 0.29) is 37.5 Å². The highest BCUT2D eigenvalue weighted by Gasteiger charge is 2.19. The Morgan fingerprint density at radius 3 is 0.890 bits per heavy atom. The minimum absolute atomic E-state index is 0.115. The summed E-state index contributed by atoms with van der Waals surface area (Å²) in [4.78, 5) is 38.2. The highest BCUT2D eigenvalue weighted by Crippen LogP contribution is 2.13. The van der Waals surface area contributed by atoms with Crippen LogP contribution in [0.5, 0.6) is 0 Å². The Morgan fingerprint density at radius 1 is 0.288 bits per heavy atom. The SMILES string of the molecule is CC/C=C\C/C=C\C/C=C\C/C=C\C/C=C\CCCC(=O)OCC(COC(=O)CCCCCCCC/C=C\C/C=C\C/C=C\C/C=C\CC)OC(=O)CCCCCCCC/C=C\C/C=C\C/C=C\CCCCC. The third-order valence-corrected chi connectivity index (χ3v) is 11.8. The zero-order valence-corrected chi connectivity index (χ0v) is 46.8. The van der Waals surface area contributed by atoms with E-state index in [2.05, 4.69) is 167 Å². The molecule has 6 heteroatoms. The van der Waals surface area contributed by atoms with Crippen LogP contribution in [0.25, 0.3) is 0 Å². The molecule has 0 amide bonds. The Bertz CT molecular complexity index is 1630. The molecule has 0 bridgehead atoms. The molecule has 410 valence electrons. The molecule has 1 unspecified atom stereocenters. The molecule has 0 aliphatic heterocycles. The highest BCUT2D eigenvalue weighted by molar-refractivity contribution is 5.71. The van der Waals surface area contributed by atoms with Gasteiger partial charge in [0, 0.05) is 19.3 Å². The second-order valence-electron chi connectivity index (χ2n) is 18.8. The standard InChI is InChI=1S/C67H106O6/c1-4-7-10-13-16-19-22-25-28-31-33-36-39-42-45-48-51-54-57-60-66(69)72-63-64(62-71-65(68)59-56-53-50-47-44-41-38-35-30-27-24-21-18-15-12-9-6-3)73-67(70)61-58-55-52-49-46-43-40-37-34-32-29-26-23-20-17-14-11-8-5-2/h7,9-10,12,16-21,25-30,33-34,36-38,41,47,50,64H,4-6,8,11,13-15,22-24,31-32,35,39-40,42-46,48-49,51-63H2,1-3H3/b10-7-,12-9-,19-16-,20-17-,21-18-,28-25-,29-26-,30-27-,36-33-,37-34-,41-38-,50-47-. The lowest BCUT2D eigenvalue weighted by molar-refractivity contribution is -0.167. The summed E-state index contributed by atoms with van der Waals surface area (Å²) in [7, 11) is 0. The fraction of sp³-hybridized carbons (Fsp3) is 0.597. The molecular weight excluding hydrogens is 901 g/mol. The summed E-state index contributed by atoms with van der Waals surface area (Å²) in [5.74, 6) is -1.01. The number of ether oxygens (including phenoxy) is 3. The van der Waals surface area contributed by atoms with E-state index >= 15 is 0 Å². The number of esters is 3. The molecule has 0 fully saturated rings. The van der Waals surface area contributed by atoms with Crippen molar-refractivity contribution in [1.82, 2.24) is 0 Å². The summed E-state index contributed by atoms with van der Waals surface area (Å²) < 4.78 is 16.8. The van der Waals surface area contributed by atoms with Crippen LogP contribution in [0, 0.1) is 0 Å². The van der Waals surface area contributed by atoms with Gasteiger partial charge in [-0.05, 0) is 135 Å². The first-order valence-electron chi connectivity index (χ1n) is 29.3. The average Bonchev–Trinajstić information content (AvgIpc) is 3.39. The summed E-state index contributed by atoms with van der Waals surface area (Å²) in [5.41, 5.74) is 0. The maximum absolute atomic E-state index is 12.9. The molecule has 0 aromatic heterocycles. The summed E-state index contributed by atoms with van der Waals surface area (Å²) >= 11 is 0. The first kappa shape index (κ1) is 68.3. The molecule has 6 nitrogen and oxygen atoms in total. The van der Waals surface area contributed by atoms with Crippen molar-refractivity contribution in [2.24, 2.45) is 0 Å². The molecule has 0 aromatic rings.